The number of nitrogens with two attached hydrogens (primary N) is 1. The molecule has 1 aromatic heterocycles. The first-order valence-corrected chi connectivity index (χ1v) is 11.2. The topological polar surface area (TPSA) is 50.1 Å². The fourth-order valence-electron chi connectivity index (χ4n) is 5.06. The van der Waals surface area contributed by atoms with Gasteiger partial charge in [-0.2, -0.15) is 0 Å². The highest BCUT2D eigenvalue weighted by atomic mass is 32.1. The molecule has 30 heavy (non-hydrogen) atoms. The maximum Gasteiger partial charge on any atom is 0.150 e. The fraction of sp³-hybridized carbons (Fsp3) is 0.154. The van der Waals surface area contributed by atoms with Gasteiger partial charge < -0.3 is 10.6 Å². The van der Waals surface area contributed by atoms with Crippen LogP contribution in [0.25, 0.3) is 25.7 Å². The number of allylic oxidation sites excluding steroid dienone is 2. The third-order valence-corrected chi connectivity index (χ3v) is 7.50. The fourth-order valence-corrected chi connectivity index (χ4v) is 6.20. The maximum atomic E-state index is 6.22. The van der Waals surface area contributed by atoms with E-state index in [0.717, 1.165) is 11.4 Å². The molecule has 3 atom stereocenters. The molecule has 0 amide bonds. The molecule has 4 heteroatoms. The molecule has 0 bridgehead atoms. The third kappa shape index (κ3) is 2.61. The van der Waals surface area contributed by atoms with Crippen LogP contribution in [0.3, 0.4) is 0 Å². The molecule has 1 fully saturated rings. The molecule has 4 N–H and O–H groups in total. The molecule has 2 heterocycles. The summed E-state index contributed by atoms with van der Waals surface area (Å²) in [4.78, 5) is 0. The van der Waals surface area contributed by atoms with Crippen molar-refractivity contribution >= 4 is 37.1 Å². The minimum absolute atomic E-state index is 0.256. The van der Waals surface area contributed by atoms with Crippen LogP contribution in [0, 0.1) is 5.92 Å². The number of fused-ring (bicyclic) bond motifs is 4. The van der Waals surface area contributed by atoms with Gasteiger partial charge in [0.25, 0.3) is 0 Å². The van der Waals surface area contributed by atoms with Crippen molar-refractivity contribution in [2.24, 2.45) is 11.7 Å². The summed E-state index contributed by atoms with van der Waals surface area (Å²) in [6, 6.07) is 26.2. The van der Waals surface area contributed by atoms with Crippen molar-refractivity contribution < 1.29 is 0 Å². The Balaban J connectivity index is 1.58. The van der Waals surface area contributed by atoms with Crippen LogP contribution in [-0.4, -0.2) is 6.29 Å². The molecule has 3 nitrogen and oxygen atoms in total. The Kier molecular flexibility index (Phi) is 3.98. The highest BCUT2D eigenvalue weighted by Crippen LogP contribution is 2.47. The van der Waals surface area contributed by atoms with Gasteiger partial charge in [0.15, 0.2) is 6.29 Å². The van der Waals surface area contributed by atoms with E-state index in [1.165, 1.54) is 36.9 Å². The lowest BCUT2D eigenvalue weighted by atomic mass is 9.74. The normalized spacial score (nSPS) is 23.3. The van der Waals surface area contributed by atoms with Crippen LogP contribution in [0.2, 0.25) is 0 Å². The van der Waals surface area contributed by atoms with Crippen LogP contribution in [0.15, 0.2) is 90.3 Å². The molecule has 0 saturated carbocycles. The monoisotopic (exact) mass is 409 g/mol. The summed E-state index contributed by atoms with van der Waals surface area (Å²) in [5.41, 5.74) is 12.4. The third-order valence-electron chi connectivity index (χ3n) is 6.37. The summed E-state index contributed by atoms with van der Waals surface area (Å²) in [6.45, 7) is 2.34. The van der Waals surface area contributed by atoms with Gasteiger partial charge >= 0.3 is 0 Å². The Labute approximate surface area is 179 Å². The Morgan fingerprint density at radius 1 is 0.833 bits per heavy atom. The lowest BCUT2D eigenvalue weighted by Gasteiger charge is -2.31. The van der Waals surface area contributed by atoms with Crippen LogP contribution >= 0.6 is 11.3 Å². The smallest absolute Gasteiger partial charge is 0.150 e. The number of thiophene rings is 1. The van der Waals surface area contributed by atoms with Crippen molar-refractivity contribution in [1.29, 1.82) is 0 Å². The largest absolute Gasteiger partial charge is 0.352 e. The van der Waals surface area contributed by atoms with Gasteiger partial charge in [0.2, 0.25) is 0 Å². The van der Waals surface area contributed by atoms with E-state index in [9.17, 15) is 0 Å². The van der Waals surface area contributed by atoms with E-state index in [1.807, 2.05) is 11.3 Å². The van der Waals surface area contributed by atoms with Crippen LogP contribution in [0.1, 0.15) is 24.0 Å². The average molecular weight is 410 g/mol. The Hall–Kier alpha value is -3.08. The highest BCUT2D eigenvalue weighted by molar-refractivity contribution is 7.25. The van der Waals surface area contributed by atoms with Crippen molar-refractivity contribution in [2.75, 3.05) is 0 Å². The zero-order valence-corrected chi connectivity index (χ0v) is 17.5. The second kappa shape index (κ2) is 6.73. The van der Waals surface area contributed by atoms with Gasteiger partial charge in [-0.1, -0.05) is 73.7 Å². The molecular formula is C26H23N3S. The van der Waals surface area contributed by atoms with Crippen LogP contribution < -0.4 is 16.4 Å². The molecule has 1 aliphatic carbocycles. The van der Waals surface area contributed by atoms with Crippen molar-refractivity contribution in [2.45, 2.75) is 19.1 Å². The maximum absolute atomic E-state index is 6.22. The average Bonchev–Trinajstić information content (AvgIpc) is 3.33. The number of hydrogen-bond acceptors (Lipinski definition) is 4. The first-order valence-electron chi connectivity index (χ1n) is 10.4. The van der Waals surface area contributed by atoms with E-state index >= 15 is 0 Å². The number of rotatable bonds is 2. The van der Waals surface area contributed by atoms with E-state index in [-0.39, 0.29) is 12.2 Å². The zero-order chi connectivity index (χ0) is 20.2. The summed E-state index contributed by atoms with van der Waals surface area (Å²) in [5.74, 6) is 0.579. The molecule has 1 aliphatic heterocycles. The van der Waals surface area contributed by atoms with E-state index in [0.29, 0.717) is 5.92 Å². The molecule has 2 aliphatic rings. The number of hydrogen-bond donors (Lipinski definition) is 3. The van der Waals surface area contributed by atoms with Gasteiger partial charge in [0.1, 0.15) is 0 Å². The molecule has 148 valence electrons. The number of benzene rings is 3. The first-order chi connectivity index (χ1) is 14.7. The molecule has 6 rings (SSSR count). The van der Waals surface area contributed by atoms with Crippen molar-refractivity contribution in [3.05, 3.63) is 101 Å². The minimum Gasteiger partial charge on any atom is -0.352 e. The summed E-state index contributed by atoms with van der Waals surface area (Å²) >= 11 is 1.88. The molecule has 0 spiro atoms. The van der Waals surface area contributed by atoms with Gasteiger partial charge in [-0.15, -0.1) is 11.3 Å². The Morgan fingerprint density at radius 2 is 1.60 bits per heavy atom. The molecule has 4 aromatic rings. The Bertz CT molecular complexity index is 1330. The second-order valence-corrected chi connectivity index (χ2v) is 9.22. The van der Waals surface area contributed by atoms with Gasteiger partial charge in [0, 0.05) is 26.1 Å². The van der Waals surface area contributed by atoms with E-state index in [4.69, 9.17) is 5.73 Å². The quantitative estimate of drug-likeness (QED) is 0.409. The van der Waals surface area contributed by atoms with Gasteiger partial charge in [-0.05, 0) is 34.8 Å². The summed E-state index contributed by atoms with van der Waals surface area (Å²) in [6.07, 6.45) is 2.11. The molecule has 3 unspecified atom stereocenters. The number of nitrogens with one attached hydrogen (secondary N) is 2. The van der Waals surface area contributed by atoms with E-state index < -0.39 is 0 Å². The molecule has 3 aromatic carbocycles. The van der Waals surface area contributed by atoms with Crippen molar-refractivity contribution in [3.63, 3.8) is 0 Å². The van der Waals surface area contributed by atoms with E-state index in [2.05, 4.69) is 96.4 Å². The van der Waals surface area contributed by atoms with Crippen LogP contribution in [0.5, 0.6) is 0 Å². The highest BCUT2D eigenvalue weighted by Gasteiger charge is 2.35. The molecule has 1 saturated heterocycles. The zero-order valence-electron chi connectivity index (χ0n) is 16.7. The molecular weight excluding hydrogens is 386 g/mol. The summed E-state index contributed by atoms with van der Waals surface area (Å²) in [7, 11) is 0. The lowest BCUT2D eigenvalue weighted by Crippen LogP contribution is -2.39. The first kappa shape index (κ1) is 17.8. The van der Waals surface area contributed by atoms with E-state index in [1.54, 1.807) is 0 Å². The Morgan fingerprint density at radius 3 is 2.47 bits per heavy atom. The minimum atomic E-state index is -0.256. The summed E-state index contributed by atoms with van der Waals surface area (Å²) < 4.78 is 2.70. The van der Waals surface area contributed by atoms with Gasteiger partial charge in [-0.3, -0.25) is 5.73 Å². The standard InChI is InChI=1S/C26H23N3S/c1-15-19(17-11-7-13-22-24(17)18-10-5-6-12-21(18)30-22)14-20-25(29-26(27)28-20)23(15)16-8-3-2-4-9-16/h2-15,19,26,28-29H,27H2,1H3. The lowest BCUT2D eigenvalue weighted by molar-refractivity contribution is 0.600. The molecule has 0 radical (unpaired) electrons. The van der Waals surface area contributed by atoms with Gasteiger partial charge in [0.05, 0.1) is 11.4 Å². The predicted octanol–water partition coefficient (Wildman–Crippen LogP) is 5.52. The SMILES string of the molecule is CC1C(c2ccccc2)=C2NC(N)NC2=CC1c1cccc2sc3ccccc3c12. The predicted molar refractivity (Wildman–Crippen MR) is 127 cm³/mol. The van der Waals surface area contributed by atoms with Crippen molar-refractivity contribution in [3.8, 4) is 0 Å². The van der Waals surface area contributed by atoms with Gasteiger partial charge in [-0.25, -0.2) is 0 Å². The summed E-state index contributed by atoms with van der Waals surface area (Å²) in [5, 5.41) is 9.61. The van der Waals surface area contributed by atoms with Crippen molar-refractivity contribution in [1.82, 2.24) is 10.6 Å². The second-order valence-electron chi connectivity index (χ2n) is 8.13. The van der Waals surface area contributed by atoms with Crippen LogP contribution in [-0.2, 0) is 0 Å². The van der Waals surface area contributed by atoms with Crippen LogP contribution in [0.4, 0.5) is 0 Å².